The maximum Gasteiger partial charge on any atom is 0.219 e. The molecule has 0 saturated heterocycles. The molecule has 0 amide bonds. The van der Waals surface area contributed by atoms with E-state index in [9.17, 15) is 5.11 Å². The van der Waals surface area contributed by atoms with Crippen molar-refractivity contribution >= 4 is 11.6 Å². The topological polar surface area (TPSA) is 42.4 Å². The largest absolute Gasteiger partial charge is 0.481 e. The van der Waals surface area contributed by atoms with Gasteiger partial charge in [-0.3, -0.25) is 0 Å². The van der Waals surface area contributed by atoms with Crippen LogP contribution in [0.15, 0.2) is 42.6 Å². The fourth-order valence-corrected chi connectivity index (χ4v) is 1.73. The zero-order valence-corrected chi connectivity index (χ0v) is 10.1. The molecule has 1 unspecified atom stereocenters. The van der Waals surface area contributed by atoms with Gasteiger partial charge in [0.15, 0.2) is 0 Å². The van der Waals surface area contributed by atoms with Crippen molar-refractivity contribution in [1.29, 1.82) is 0 Å². The molecule has 4 heteroatoms. The highest BCUT2D eigenvalue weighted by molar-refractivity contribution is 6.30. The predicted octanol–water partition coefficient (Wildman–Crippen LogP) is 2.83. The summed E-state index contributed by atoms with van der Waals surface area (Å²) < 4.78 is 5.11. The van der Waals surface area contributed by atoms with Crippen molar-refractivity contribution in [1.82, 2.24) is 4.98 Å². The molecule has 1 aromatic carbocycles. The molecule has 0 bridgehead atoms. The summed E-state index contributed by atoms with van der Waals surface area (Å²) in [7, 11) is 1.53. The van der Waals surface area contributed by atoms with Crippen LogP contribution in [0.1, 0.15) is 17.2 Å². The van der Waals surface area contributed by atoms with Crippen molar-refractivity contribution in [2.24, 2.45) is 0 Å². The summed E-state index contributed by atoms with van der Waals surface area (Å²) in [4.78, 5) is 4.05. The van der Waals surface area contributed by atoms with Crippen molar-refractivity contribution in [3.63, 3.8) is 0 Å². The first-order valence-electron chi connectivity index (χ1n) is 5.15. The van der Waals surface area contributed by atoms with Gasteiger partial charge in [0.05, 0.1) is 7.11 Å². The zero-order valence-electron chi connectivity index (χ0n) is 9.30. The average molecular weight is 250 g/mol. The Balaban J connectivity index is 2.36. The summed E-state index contributed by atoms with van der Waals surface area (Å²) in [5, 5.41) is 10.9. The van der Waals surface area contributed by atoms with Crippen LogP contribution in [0.3, 0.4) is 0 Å². The lowest BCUT2D eigenvalue weighted by Crippen LogP contribution is -2.03. The molecular weight excluding hydrogens is 238 g/mol. The zero-order chi connectivity index (χ0) is 12.3. The van der Waals surface area contributed by atoms with Crippen LogP contribution in [0.5, 0.6) is 5.88 Å². The number of nitrogens with zero attached hydrogens (tertiary/aromatic N) is 1. The Hall–Kier alpha value is -1.58. The van der Waals surface area contributed by atoms with Gasteiger partial charge in [-0.25, -0.2) is 4.98 Å². The van der Waals surface area contributed by atoms with Crippen LogP contribution in [-0.2, 0) is 0 Å². The van der Waals surface area contributed by atoms with E-state index in [2.05, 4.69) is 4.98 Å². The predicted molar refractivity (Wildman–Crippen MR) is 66.3 cm³/mol. The van der Waals surface area contributed by atoms with Crippen molar-refractivity contribution in [3.05, 3.63) is 58.7 Å². The Bertz CT molecular complexity index is 499. The first-order chi connectivity index (χ1) is 8.22. The summed E-state index contributed by atoms with van der Waals surface area (Å²) in [6.07, 6.45) is 0.854. The first-order valence-corrected chi connectivity index (χ1v) is 5.52. The van der Waals surface area contributed by atoms with E-state index < -0.39 is 6.10 Å². The molecule has 1 heterocycles. The van der Waals surface area contributed by atoms with Crippen LogP contribution in [0.4, 0.5) is 0 Å². The number of hydrogen-bond acceptors (Lipinski definition) is 3. The second-order valence-corrected chi connectivity index (χ2v) is 3.99. The van der Waals surface area contributed by atoms with Crippen LogP contribution in [0, 0.1) is 0 Å². The normalized spacial score (nSPS) is 12.2. The van der Waals surface area contributed by atoms with E-state index in [-0.39, 0.29) is 0 Å². The summed E-state index contributed by atoms with van der Waals surface area (Å²) in [5.74, 6) is 0.426. The van der Waals surface area contributed by atoms with Crippen LogP contribution in [-0.4, -0.2) is 17.2 Å². The Morgan fingerprint density at radius 1 is 1.24 bits per heavy atom. The molecule has 17 heavy (non-hydrogen) atoms. The van der Waals surface area contributed by atoms with Crippen LogP contribution in [0.25, 0.3) is 0 Å². The standard InChI is InChI=1S/C13H12ClNO2/c1-17-13-11(3-2-8-15-13)12(16)9-4-6-10(14)7-5-9/h2-8,12,16H,1H3. The lowest BCUT2D eigenvalue weighted by atomic mass is 10.0. The van der Waals surface area contributed by atoms with Crippen LogP contribution < -0.4 is 4.74 Å². The number of aliphatic hydroxyl groups excluding tert-OH is 1. The van der Waals surface area contributed by atoms with Gasteiger partial charge in [0.25, 0.3) is 0 Å². The van der Waals surface area contributed by atoms with E-state index in [0.717, 1.165) is 5.56 Å². The highest BCUT2D eigenvalue weighted by Crippen LogP contribution is 2.28. The number of pyridine rings is 1. The van der Waals surface area contributed by atoms with Crippen molar-refractivity contribution in [2.75, 3.05) is 7.11 Å². The van der Waals surface area contributed by atoms with Gasteiger partial charge in [-0.2, -0.15) is 0 Å². The minimum atomic E-state index is -0.768. The Morgan fingerprint density at radius 2 is 1.94 bits per heavy atom. The Labute approximate surface area is 105 Å². The Kier molecular flexibility index (Phi) is 3.61. The van der Waals surface area contributed by atoms with Gasteiger partial charge in [-0.1, -0.05) is 23.7 Å². The maximum absolute atomic E-state index is 10.2. The summed E-state index contributed by atoms with van der Waals surface area (Å²) in [6, 6.07) is 10.6. The van der Waals surface area contributed by atoms with Gasteiger partial charge in [-0.15, -0.1) is 0 Å². The molecule has 1 atom stereocenters. The summed E-state index contributed by atoms with van der Waals surface area (Å²) in [5.41, 5.74) is 1.39. The number of aromatic nitrogens is 1. The molecule has 0 saturated carbocycles. The monoisotopic (exact) mass is 249 g/mol. The minimum Gasteiger partial charge on any atom is -0.481 e. The van der Waals surface area contributed by atoms with Crippen LogP contribution >= 0.6 is 11.6 Å². The molecular formula is C13H12ClNO2. The second-order valence-electron chi connectivity index (χ2n) is 3.56. The molecule has 0 aliphatic rings. The molecule has 88 valence electrons. The lowest BCUT2D eigenvalue weighted by Gasteiger charge is -2.13. The highest BCUT2D eigenvalue weighted by Gasteiger charge is 2.15. The number of hydrogen-bond donors (Lipinski definition) is 1. The van der Waals surface area contributed by atoms with Crippen molar-refractivity contribution in [2.45, 2.75) is 6.10 Å². The molecule has 0 radical (unpaired) electrons. The molecule has 0 fully saturated rings. The number of benzene rings is 1. The van der Waals surface area contributed by atoms with E-state index in [1.807, 2.05) is 0 Å². The minimum absolute atomic E-state index is 0.426. The molecule has 0 spiro atoms. The van der Waals surface area contributed by atoms with Gasteiger partial charge in [0.2, 0.25) is 5.88 Å². The lowest BCUT2D eigenvalue weighted by molar-refractivity contribution is 0.213. The Morgan fingerprint density at radius 3 is 2.59 bits per heavy atom. The number of rotatable bonds is 3. The molecule has 0 aliphatic heterocycles. The SMILES string of the molecule is COc1ncccc1C(O)c1ccc(Cl)cc1. The smallest absolute Gasteiger partial charge is 0.219 e. The highest BCUT2D eigenvalue weighted by atomic mass is 35.5. The molecule has 2 aromatic rings. The summed E-state index contributed by atoms with van der Waals surface area (Å²) >= 11 is 5.80. The third-order valence-electron chi connectivity index (χ3n) is 2.47. The van der Waals surface area contributed by atoms with E-state index in [1.54, 1.807) is 42.6 Å². The maximum atomic E-state index is 10.2. The summed E-state index contributed by atoms with van der Waals surface area (Å²) in [6.45, 7) is 0. The molecule has 0 aliphatic carbocycles. The van der Waals surface area contributed by atoms with Gasteiger partial charge in [0.1, 0.15) is 6.10 Å². The first kappa shape index (κ1) is 11.9. The number of aliphatic hydroxyl groups is 1. The van der Waals surface area contributed by atoms with Crippen molar-refractivity contribution in [3.8, 4) is 5.88 Å². The molecule has 1 aromatic heterocycles. The van der Waals surface area contributed by atoms with E-state index in [1.165, 1.54) is 7.11 Å². The van der Waals surface area contributed by atoms with Crippen LogP contribution in [0.2, 0.25) is 5.02 Å². The number of methoxy groups -OCH3 is 1. The molecule has 2 rings (SSSR count). The fourth-order valence-electron chi connectivity index (χ4n) is 1.61. The van der Waals surface area contributed by atoms with E-state index in [0.29, 0.717) is 16.5 Å². The van der Waals surface area contributed by atoms with E-state index >= 15 is 0 Å². The van der Waals surface area contributed by atoms with Crippen molar-refractivity contribution < 1.29 is 9.84 Å². The van der Waals surface area contributed by atoms with Gasteiger partial charge in [-0.05, 0) is 29.8 Å². The average Bonchev–Trinajstić information content (AvgIpc) is 2.39. The molecule has 1 N–H and O–H groups in total. The van der Waals surface area contributed by atoms with E-state index in [4.69, 9.17) is 16.3 Å². The number of ether oxygens (including phenoxy) is 1. The fraction of sp³-hybridized carbons (Fsp3) is 0.154. The third-order valence-corrected chi connectivity index (χ3v) is 2.73. The second kappa shape index (κ2) is 5.17. The number of halogens is 1. The van der Waals surface area contributed by atoms with Gasteiger partial charge < -0.3 is 9.84 Å². The van der Waals surface area contributed by atoms with Gasteiger partial charge >= 0.3 is 0 Å². The van der Waals surface area contributed by atoms with Gasteiger partial charge in [0, 0.05) is 16.8 Å². The third kappa shape index (κ3) is 2.57. The molecule has 3 nitrogen and oxygen atoms in total. The quantitative estimate of drug-likeness (QED) is 0.910.